The number of hydrogen-bond acceptors (Lipinski definition) is 5. The smallest absolute Gasteiger partial charge is 0.267 e. The van der Waals surface area contributed by atoms with E-state index in [1.807, 2.05) is 61.5 Å². The van der Waals surface area contributed by atoms with Crippen molar-refractivity contribution in [1.29, 1.82) is 0 Å². The van der Waals surface area contributed by atoms with Crippen molar-refractivity contribution < 1.29 is 4.79 Å². The van der Waals surface area contributed by atoms with Crippen molar-refractivity contribution >= 4 is 39.1 Å². The zero-order chi connectivity index (χ0) is 22.2. The maximum atomic E-state index is 13.8. The van der Waals surface area contributed by atoms with Gasteiger partial charge in [0.05, 0.1) is 16.8 Å². The van der Waals surface area contributed by atoms with Crippen molar-refractivity contribution in [3.8, 4) is 5.69 Å². The summed E-state index contributed by atoms with van der Waals surface area (Å²) in [7, 11) is 0. The van der Waals surface area contributed by atoms with Crippen LogP contribution in [0.5, 0.6) is 0 Å². The van der Waals surface area contributed by atoms with E-state index in [0.717, 1.165) is 40.7 Å². The molecule has 0 bridgehead atoms. The van der Waals surface area contributed by atoms with Crippen LogP contribution in [0.25, 0.3) is 15.9 Å². The first-order chi connectivity index (χ1) is 15.5. The normalized spacial score (nSPS) is 15.6. The SMILES string of the molecule is Cc1ccc(-n2c(SCC(=O)c3ccccc3)nc3sc4c(c3c2=O)CCC(C)C4)cc1. The Morgan fingerprint density at radius 2 is 1.91 bits per heavy atom. The second-order valence-electron chi connectivity index (χ2n) is 8.48. The molecule has 6 heteroatoms. The van der Waals surface area contributed by atoms with E-state index in [0.29, 0.717) is 16.6 Å². The van der Waals surface area contributed by atoms with Crippen LogP contribution in [0.1, 0.15) is 39.7 Å². The van der Waals surface area contributed by atoms with E-state index >= 15 is 0 Å². The number of nitrogens with zero attached hydrogens (tertiary/aromatic N) is 2. The molecule has 1 unspecified atom stereocenters. The molecule has 4 aromatic rings. The van der Waals surface area contributed by atoms with Crippen molar-refractivity contribution in [2.24, 2.45) is 5.92 Å². The van der Waals surface area contributed by atoms with E-state index in [4.69, 9.17) is 4.98 Å². The molecule has 5 rings (SSSR count). The van der Waals surface area contributed by atoms with Crippen molar-refractivity contribution in [1.82, 2.24) is 9.55 Å². The molecule has 0 amide bonds. The molecular weight excluding hydrogens is 436 g/mol. The Labute approximate surface area is 195 Å². The van der Waals surface area contributed by atoms with Gasteiger partial charge in [0.15, 0.2) is 10.9 Å². The molecular formula is C26H24N2O2S2. The Balaban J connectivity index is 1.61. The van der Waals surface area contributed by atoms with Gasteiger partial charge in [0, 0.05) is 10.4 Å². The number of fused-ring (bicyclic) bond motifs is 3. The minimum absolute atomic E-state index is 0.0273. The lowest BCUT2D eigenvalue weighted by molar-refractivity contribution is 0.102. The number of rotatable bonds is 5. The maximum Gasteiger partial charge on any atom is 0.267 e. The van der Waals surface area contributed by atoms with Gasteiger partial charge in [-0.15, -0.1) is 11.3 Å². The van der Waals surface area contributed by atoms with Gasteiger partial charge in [0.2, 0.25) is 0 Å². The van der Waals surface area contributed by atoms with Crippen molar-refractivity contribution in [3.05, 3.63) is 86.5 Å². The van der Waals surface area contributed by atoms with Crippen LogP contribution < -0.4 is 5.56 Å². The molecule has 0 spiro atoms. The fourth-order valence-electron chi connectivity index (χ4n) is 4.23. The van der Waals surface area contributed by atoms with Crippen LogP contribution in [0, 0.1) is 12.8 Å². The third-order valence-corrected chi connectivity index (χ3v) is 8.11. The zero-order valence-electron chi connectivity index (χ0n) is 18.1. The monoisotopic (exact) mass is 460 g/mol. The summed E-state index contributed by atoms with van der Waals surface area (Å²) in [6.07, 6.45) is 3.04. The molecule has 0 fully saturated rings. The van der Waals surface area contributed by atoms with Gasteiger partial charge in [-0.1, -0.05) is 66.7 Å². The highest BCUT2D eigenvalue weighted by Crippen LogP contribution is 2.37. The minimum atomic E-state index is -0.0273. The van der Waals surface area contributed by atoms with Gasteiger partial charge in [-0.05, 0) is 49.8 Å². The molecule has 0 saturated heterocycles. The third-order valence-electron chi connectivity index (χ3n) is 6.02. The largest absolute Gasteiger partial charge is 0.293 e. The van der Waals surface area contributed by atoms with Crippen LogP contribution >= 0.6 is 23.1 Å². The molecule has 1 aliphatic carbocycles. The first-order valence-corrected chi connectivity index (χ1v) is 12.7. The van der Waals surface area contributed by atoms with Gasteiger partial charge in [-0.3, -0.25) is 14.2 Å². The summed E-state index contributed by atoms with van der Waals surface area (Å²) in [6.45, 7) is 4.29. The summed E-state index contributed by atoms with van der Waals surface area (Å²) < 4.78 is 1.69. The molecule has 2 heterocycles. The predicted octanol–water partition coefficient (Wildman–Crippen LogP) is 5.86. The fourth-order valence-corrected chi connectivity index (χ4v) is 6.56. The van der Waals surface area contributed by atoms with Crippen LogP contribution in [0.2, 0.25) is 0 Å². The lowest BCUT2D eigenvalue weighted by atomic mass is 9.89. The lowest BCUT2D eigenvalue weighted by Gasteiger charge is -2.18. The number of aryl methyl sites for hydroxylation is 2. The molecule has 0 aliphatic heterocycles. The molecule has 4 nitrogen and oxygen atoms in total. The fraction of sp³-hybridized carbons (Fsp3) is 0.269. The number of hydrogen-bond donors (Lipinski definition) is 0. The summed E-state index contributed by atoms with van der Waals surface area (Å²) >= 11 is 2.98. The summed E-state index contributed by atoms with van der Waals surface area (Å²) in [4.78, 5) is 33.5. The molecule has 2 aromatic carbocycles. The second kappa shape index (κ2) is 8.68. The quantitative estimate of drug-likeness (QED) is 0.213. The van der Waals surface area contributed by atoms with E-state index in [-0.39, 0.29) is 17.1 Å². The maximum absolute atomic E-state index is 13.8. The first kappa shape index (κ1) is 21.2. The summed E-state index contributed by atoms with van der Waals surface area (Å²) in [5.41, 5.74) is 3.74. The molecule has 1 atom stereocenters. The Bertz CT molecular complexity index is 1350. The number of thiophene rings is 1. The van der Waals surface area contributed by atoms with Gasteiger partial charge in [0.1, 0.15) is 4.83 Å². The number of ketones is 1. The van der Waals surface area contributed by atoms with E-state index in [1.54, 1.807) is 15.9 Å². The van der Waals surface area contributed by atoms with Crippen LogP contribution in [0.15, 0.2) is 64.5 Å². The standard InChI is InChI=1S/C26H24N2O2S2/c1-16-8-11-19(12-9-16)28-25(30)23-20-13-10-17(2)14-22(20)32-24(23)27-26(28)31-15-21(29)18-6-4-3-5-7-18/h3-9,11-12,17H,10,13-15H2,1-2H3. The highest BCUT2D eigenvalue weighted by molar-refractivity contribution is 7.99. The molecule has 0 saturated carbocycles. The summed E-state index contributed by atoms with van der Waals surface area (Å²) in [5, 5.41) is 1.33. The molecule has 162 valence electrons. The third kappa shape index (κ3) is 3.93. The Morgan fingerprint density at radius 3 is 2.66 bits per heavy atom. The lowest BCUT2D eigenvalue weighted by Crippen LogP contribution is -2.23. The van der Waals surface area contributed by atoms with Crippen molar-refractivity contribution in [2.75, 3.05) is 5.75 Å². The number of aromatic nitrogens is 2. The Hall–Kier alpha value is -2.70. The van der Waals surface area contributed by atoms with Gasteiger partial charge in [-0.2, -0.15) is 0 Å². The number of Topliss-reactive ketones (excluding diaryl/α,β-unsaturated/α-hetero) is 1. The summed E-state index contributed by atoms with van der Waals surface area (Å²) in [6, 6.07) is 17.2. The number of carbonyl (C=O) groups excluding carboxylic acids is 1. The number of benzene rings is 2. The molecule has 1 aliphatic rings. The molecule has 32 heavy (non-hydrogen) atoms. The van der Waals surface area contributed by atoms with Gasteiger partial charge in [0.25, 0.3) is 5.56 Å². The highest BCUT2D eigenvalue weighted by Gasteiger charge is 2.25. The average molecular weight is 461 g/mol. The van der Waals surface area contributed by atoms with Crippen molar-refractivity contribution in [2.45, 2.75) is 38.3 Å². The average Bonchev–Trinajstić information content (AvgIpc) is 3.16. The minimum Gasteiger partial charge on any atom is -0.293 e. The highest BCUT2D eigenvalue weighted by atomic mass is 32.2. The van der Waals surface area contributed by atoms with Crippen molar-refractivity contribution in [3.63, 3.8) is 0 Å². The van der Waals surface area contributed by atoms with E-state index in [1.165, 1.54) is 22.2 Å². The van der Waals surface area contributed by atoms with Gasteiger partial charge in [-0.25, -0.2) is 4.98 Å². The van der Waals surface area contributed by atoms with Crippen LogP contribution in [0.4, 0.5) is 0 Å². The number of thioether (sulfide) groups is 1. The predicted molar refractivity (Wildman–Crippen MR) is 133 cm³/mol. The topological polar surface area (TPSA) is 52.0 Å². The van der Waals surface area contributed by atoms with Gasteiger partial charge >= 0.3 is 0 Å². The second-order valence-corrected chi connectivity index (χ2v) is 10.5. The van der Waals surface area contributed by atoms with E-state index in [2.05, 4.69) is 6.92 Å². The van der Waals surface area contributed by atoms with E-state index in [9.17, 15) is 9.59 Å². The number of carbonyl (C=O) groups is 1. The molecule has 0 N–H and O–H groups in total. The van der Waals surface area contributed by atoms with Crippen LogP contribution in [-0.4, -0.2) is 21.1 Å². The first-order valence-electron chi connectivity index (χ1n) is 10.9. The zero-order valence-corrected chi connectivity index (χ0v) is 19.8. The van der Waals surface area contributed by atoms with Gasteiger partial charge < -0.3 is 0 Å². The Kier molecular flexibility index (Phi) is 5.74. The van der Waals surface area contributed by atoms with Crippen LogP contribution in [0.3, 0.4) is 0 Å². The summed E-state index contributed by atoms with van der Waals surface area (Å²) in [5.74, 6) is 0.891. The van der Waals surface area contributed by atoms with E-state index < -0.39 is 0 Å². The molecule has 2 aromatic heterocycles. The Morgan fingerprint density at radius 1 is 1.16 bits per heavy atom. The molecule has 0 radical (unpaired) electrons. The van der Waals surface area contributed by atoms with Crippen LogP contribution in [-0.2, 0) is 12.8 Å².